The summed E-state index contributed by atoms with van der Waals surface area (Å²) < 4.78 is 17.3. The zero-order valence-corrected chi connectivity index (χ0v) is 9.43. The first-order valence-electron chi connectivity index (χ1n) is 5.13. The van der Waals surface area contributed by atoms with Gasteiger partial charge in [0.1, 0.15) is 6.61 Å². The molecular formula is C12H12FNO4. The molecule has 5 nitrogen and oxygen atoms in total. The van der Waals surface area contributed by atoms with E-state index in [1.54, 1.807) is 12.1 Å². The van der Waals surface area contributed by atoms with Crippen molar-refractivity contribution in [1.82, 2.24) is 5.32 Å². The van der Waals surface area contributed by atoms with Gasteiger partial charge >= 0.3 is 12.1 Å². The summed E-state index contributed by atoms with van der Waals surface area (Å²) in [6.07, 6.45) is -0.000149. The number of hydrogen-bond acceptors (Lipinski definition) is 3. The number of nitrogens with one attached hydrogen (secondary N) is 1. The van der Waals surface area contributed by atoms with Crippen molar-refractivity contribution in [1.29, 1.82) is 0 Å². The van der Waals surface area contributed by atoms with Gasteiger partial charge in [0.25, 0.3) is 0 Å². The summed E-state index contributed by atoms with van der Waals surface area (Å²) in [5.41, 5.74) is 0.819. The van der Waals surface area contributed by atoms with Crippen LogP contribution in [0.2, 0.25) is 0 Å². The van der Waals surface area contributed by atoms with Gasteiger partial charge in [-0.25, -0.2) is 9.59 Å². The number of carbonyl (C=O) groups is 2. The summed E-state index contributed by atoms with van der Waals surface area (Å²) in [6.45, 7) is -0.149. The number of ether oxygens (including phenoxy) is 1. The Kier molecular flexibility index (Phi) is 5.37. The van der Waals surface area contributed by atoms with Crippen LogP contribution in [0.15, 0.2) is 42.2 Å². The number of benzene rings is 1. The number of carbonyl (C=O) groups excluding carboxylic acids is 1. The molecule has 18 heavy (non-hydrogen) atoms. The first-order valence-corrected chi connectivity index (χ1v) is 5.13. The fraction of sp³-hybridized carbons (Fsp3) is 0.167. The second-order valence-corrected chi connectivity index (χ2v) is 3.30. The van der Waals surface area contributed by atoms with E-state index in [-0.39, 0.29) is 13.2 Å². The van der Waals surface area contributed by atoms with E-state index in [0.29, 0.717) is 0 Å². The lowest BCUT2D eigenvalue weighted by molar-refractivity contribution is -0.134. The molecule has 1 aromatic rings. The largest absolute Gasteiger partial charge is 0.476 e. The molecule has 0 bridgehead atoms. The lowest BCUT2D eigenvalue weighted by atomic mass is 10.2. The quantitative estimate of drug-likeness (QED) is 0.785. The zero-order valence-electron chi connectivity index (χ0n) is 9.43. The number of amides is 1. The first-order chi connectivity index (χ1) is 8.59. The van der Waals surface area contributed by atoms with Gasteiger partial charge in [-0.1, -0.05) is 30.3 Å². The van der Waals surface area contributed by atoms with Crippen LogP contribution in [0.25, 0.3) is 0 Å². The number of carboxylic acid groups (broad SMARTS) is 1. The average Bonchev–Trinajstić information content (AvgIpc) is 2.37. The van der Waals surface area contributed by atoms with E-state index in [1.807, 2.05) is 18.2 Å². The van der Waals surface area contributed by atoms with E-state index in [1.165, 1.54) is 0 Å². The van der Waals surface area contributed by atoms with E-state index in [2.05, 4.69) is 5.32 Å². The molecular weight excluding hydrogens is 241 g/mol. The fourth-order valence-corrected chi connectivity index (χ4v) is 1.09. The molecule has 1 rings (SSSR count). The molecule has 0 aliphatic heterocycles. The number of alkyl carbamates (subject to hydrolysis) is 1. The highest BCUT2D eigenvalue weighted by Gasteiger charge is 2.05. The molecule has 0 unspecified atom stereocenters. The van der Waals surface area contributed by atoms with Crippen molar-refractivity contribution in [3.8, 4) is 0 Å². The van der Waals surface area contributed by atoms with E-state index >= 15 is 0 Å². The molecule has 0 atom stereocenters. The number of rotatable bonds is 5. The van der Waals surface area contributed by atoms with Crippen molar-refractivity contribution in [3.63, 3.8) is 0 Å². The highest BCUT2D eigenvalue weighted by Crippen LogP contribution is 2.00. The second kappa shape index (κ2) is 7.05. The highest BCUT2D eigenvalue weighted by atomic mass is 19.1. The average molecular weight is 253 g/mol. The summed E-state index contributed by atoms with van der Waals surface area (Å²) in [5, 5.41) is 10.4. The van der Waals surface area contributed by atoms with Crippen LogP contribution in [0.1, 0.15) is 5.56 Å². The molecule has 1 aromatic carbocycles. The molecule has 0 radical (unpaired) electrons. The Balaban J connectivity index is 2.27. The van der Waals surface area contributed by atoms with Gasteiger partial charge in [-0.3, -0.25) is 0 Å². The van der Waals surface area contributed by atoms with Crippen LogP contribution in [0.3, 0.4) is 0 Å². The van der Waals surface area contributed by atoms with Gasteiger partial charge in [0.15, 0.2) is 0 Å². The van der Waals surface area contributed by atoms with Gasteiger partial charge in [0.05, 0.1) is 0 Å². The number of aliphatic carboxylic acids is 1. The van der Waals surface area contributed by atoms with Crippen LogP contribution < -0.4 is 5.32 Å². The lowest BCUT2D eigenvalue weighted by Gasteiger charge is -2.05. The molecule has 96 valence electrons. The Labute approximate surface area is 103 Å². The first kappa shape index (κ1) is 13.7. The fourth-order valence-electron chi connectivity index (χ4n) is 1.09. The summed E-state index contributed by atoms with van der Waals surface area (Å²) in [4.78, 5) is 21.2. The third kappa shape index (κ3) is 5.11. The van der Waals surface area contributed by atoms with Crippen LogP contribution in [0, 0.1) is 0 Å². The van der Waals surface area contributed by atoms with Crippen LogP contribution in [0.5, 0.6) is 0 Å². The molecule has 0 heterocycles. The van der Waals surface area contributed by atoms with Crippen molar-refractivity contribution < 1.29 is 23.8 Å². The molecule has 1 amide bonds. The summed E-state index contributed by atoms with van der Waals surface area (Å²) in [5.74, 6) is -2.99. The van der Waals surface area contributed by atoms with Crippen molar-refractivity contribution >= 4 is 12.1 Å². The monoisotopic (exact) mass is 253 g/mol. The summed E-state index contributed by atoms with van der Waals surface area (Å²) >= 11 is 0. The Hall–Kier alpha value is -2.37. The summed E-state index contributed by atoms with van der Waals surface area (Å²) in [6, 6.07) is 9.03. The minimum absolute atomic E-state index is 0.0950. The molecule has 0 fully saturated rings. The smallest absolute Gasteiger partial charge is 0.407 e. The predicted octanol–water partition coefficient (Wildman–Crippen LogP) is 1.85. The Bertz CT molecular complexity index is 445. The maximum Gasteiger partial charge on any atom is 0.407 e. The maximum absolute atomic E-state index is 12.5. The normalized spacial score (nSPS) is 10.8. The molecule has 2 N–H and O–H groups in total. The molecule has 0 aliphatic rings. The molecule has 0 saturated carbocycles. The predicted molar refractivity (Wildman–Crippen MR) is 61.5 cm³/mol. The van der Waals surface area contributed by atoms with Gasteiger partial charge in [-0.05, 0) is 11.6 Å². The molecule has 0 spiro atoms. The van der Waals surface area contributed by atoms with Crippen molar-refractivity contribution in [2.24, 2.45) is 0 Å². The van der Waals surface area contributed by atoms with Gasteiger partial charge in [0, 0.05) is 6.54 Å². The SMILES string of the molecule is O=C(NC/C=C(\F)C(=O)O)OCc1ccccc1. The minimum atomic E-state index is -1.67. The van der Waals surface area contributed by atoms with Crippen LogP contribution in [-0.2, 0) is 16.1 Å². The zero-order chi connectivity index (χ0) is 13.4. The van der Waals surface area contributed by atoms with Crippen LogP contribution in [0.4, 0.5) is 9.18 Å². The minimum Gasteiger partial charge on any atom is -0.476 e. The van der Waals surface area contributed by atoms with Gasteiger partial charge < -0.3 is 15.2 Å². The van der Waals surface area contributed by atoms with Crippen LogP contribution >= 0.6 is 0 Å². The Morgan fingerprint density at radius 3 is 2.61 bits per heavy atom. The second-order valence-electron chi connectivity index (χ2n) is 3.30. The van der Waals surface area contributed by atoms with Gasteiger partial charge in [-0.15, -0.1) is 0 Å². The number of carboxylic acids is 1. The van der Waals surface area contributed by atoms with Gasteiger partial charge in [-0.2, -0.15) is 4.39 Å². The van der Waals surface area contributed by atoms with Crippen molar-refractivity contribution in [2.75, 3.05) is 6.54 Å². The topological polar surface area (TPSA) is 75.6 Å². The molecule has 0 aliphatic carbocycles. The summed E-state index contributed by atoms with van der Waals surface area (Å²) in [7, 11) is 0. The maximum atomic E-state index is 12.5. The third-order valence-electron chi connectivity index (χ3n) is 1.94. The Morgan fingerprint density at radius 1 is 1.33 bits per heavy atom. The standard InChI is InChI=1S/C12H12FNO4/c13-10(11(15)16)6-7-14-12(17)18-8-9-4-2-1-3-5-9/h1-6H,7-8H2,(H,14,17)(H,15,16)/b10-6-. The highest BCUT2D eigenvalue weighted by molar-refractivity contribution is 5.84. The Morgan fingerprint density at radius 2 is 2.00 bits per heavy atom. The molecule has 0 saturated heterocycles. The van der Waals surface area contributed by atoms with E-state index in [9.17, 15) is 14.0 Å². The van der Waals surface area contributed by atoms with Crippen molar-refractivity contribution in [2.45, 2.75) is 6.61 Å². The number of hydrogen-bond donors (Lipinski definition) is 2. The number of halogens is 1. The molecule has 0 aromatic heterocycles. The lowest BCUT2D eigenvalue weighted by Crippen LogP contribution is -2.24. The van der Waals surface area contributed by atoms with E-state index < -0.39 is 17.9 Å². The van der Waals surface area contributed by atoms with Crippen molar-refractivity contribution in [3.05, 3.63) is 47.8 Å². The van der Waals surface area contributed by atoms with Gasteiger partial charge in [0.2, 0.25) is 5.83 Å². The van der Waals surface area contributed by atoms with Crippen LogP contribution in [-0.4, -0.2) is 23.7 Å². The molecule has 6 heteroatoms. The van der Waals surface area contributed by atoms with E-state index in [4.69, 9.17) is 9.84 Å². The van der Waals surface area contributed by atoms with E-state index in [0.717, 1.165) is 11.6 Å². The third-order valence-corrected chi connectivity index (χ3v) is 1.94.